The van der Waals surface area contributed by atoms with Crippen molar-refractivity contribution in [3.05, 3.63) is 37.7 Å². The minimum Gasteiger partial charge on any atom is -0.466 e. The molecule has 0 radical (unpaired) electrons. The molecule has 0 fully saturated rings. The van der Waals surface area contributed by atoms with Crippen molar-refractivity contribution in [1.82, 2.24) is 0 Å². The first-order chi connectivity index (χ1) is 11.3. The Bertz CT molecular complexity index is 740. The number of carbonyl (C=O) groups is 2. The Kier molecular flexibility index (Phi) is 6.08. The summed E-state index contributed by atoms with van der Waals surface area (Å²) in [6.45, 7) is -0.254. The molecule has 0 aliphatic carbocycles. The lowest BCUT2D eigenvalue weighted by molar-refractivity contribution is -0.140. The number of esters is 2. The smallest absolute Gasteiger partial charge is 0.355 e. The molecule has 130 valence electrons. The number of anilines is 1. The Labute approximate surface area is 155 Å². The van der Waals surface area contributed by atoms with Gasteiger partial charge < -0.3 is 19.1 Å². The van der Waals surface area contributed by atoms with Crippen LogP contribution in [-0.2, 0) is 23.8 Å². The van der Waals surface area contributed by atoms with E-state index in [0.717, 1.165) is 7.11 Å². The van der Waals surface area contributed by atoms with Crippen LogP contribution < -0.4 is 4.90 Å². The van der Waals surface area contributed by atoms with Crippen LogP contribution in [0.15, 0.2) is 21.8 Å². The highest BCUT2D eigenvalue weighted by molar-refractivity contribution is 9.10. The number of hydrogen-bond acceptors (Lipinski definition) is 6. The highest BCUT2D eigenvalue weighted by Crippen LogP contribution is 2.41. The molecular weight excluding hydrogens is 432 g/mol. The van der Waals surface area contributed by atoms with Crippen molar-refractivity contribution >= 4 is 56.8 Å². The van der Waals surface area contributed by atoms with E-state index in [1.807, 2.05) is 0 Å². The molecule has 0 saturated carbocycles. The van der Waals surface area contributed by atoms with Crippen LogP contribution in [0.1, 0.15) is 0 Å². The van der Waals surface area contributed by atoms with Gasteiger partial charge >= 0.3 is 11.9 Å². The van der Waals surface area contributed by atoms with Crippen molar-refractivity contribution in [3.63, 3.8) is 0 Å². The van der Waals surface area contributed by atoms with Crippen molar-refractivity contribution in [2.45, 2.75) is 0 Å². The van der Waals surface area contributed by atoms with Crippen LogP contribution in [0.3, 0.4) is 0 Å². The predicted octanol–water partition coefficient (Wildman–Crippen LogP) is 3.29. The first kappa shape index (κ1) is 19.0. The molecule has 2 rings (SSSR count). The molecule has 1 aromatic carbocycles. The van der Waals surface area contributed by atoms with Crippen molar-refractivity contribution in [2.24, 2.45) is 0 Å². The number of halogens is 4. The van der Waals surface area contributed by atoms with Gasteiger partial charge in [-0.05, 0) is 22.0 Å². The Balaban J connectivity index is 2.68. The van der Waals surface area contributed by atoms with Crippen LogP contribution in [0.5, 0.6) is 0 Å². The third kappa shape index (κ3) is 3.37. The van der Waals surface area contributed by atoms with Crippen LogP contribution in [0.2, 0.25) is 10.0 Å². The number of ether oxygens (including phenoxy) is 3. The van der Waals surface area contributed by atoms with E-state index in [1.165, 1.54) is 18.1 Å². The molecule has 0 N–H and O–H groups in total. The summed E-state index contributed by atoms with van der Waals surface area (Å²) in [4.78, 5) is 25.4. The zero-order valence-electron chi connectivity index (χ0n) is 12.5. The van der Waals surface area contributed by atoms with Gasteiger partial charge in [0.05, 0.1) is 46.6 Å². The van der Waals surface area contributed by atoms with Gasteiger partial charge in [-0.15, -0.1) is 0 Å². The van der Waals surface area contributed by atoms with E-state index in [2.05, 4.69) is 20.7 Å². The van der Waals surface area contributed by atoms with Crippen molar-refractivity contribution < 1.29 is 28.2 Å². The Hall–Kier alpha value is -1.35. The van der Waals surface area contributed by atoms with Gasteiger partial charge in [-0.2, -0.15) is 0 Å². The van der Waals surface area contributed by atoms with Gasteiger partial charge in [0, 0.05) is 0 Å². The molecule has 10 heteroatoms. The van der Waals surface area contributed by atoms with Crippen LogP contribution in [-0.4, -0.2) is 39.5 Å². The second kappa shape index (κ2) is 7.69. The van der Waals surface area contributed by atoms with E-state index in [1.54, 1.807) is 0 Å². The first-order valence-electron chi connectivity index (χ1n) is 6.41. The van der Waals surface area contributed by atoms with E-state index in [0.29, 0.717) is 0 Å². The summed E-state index contributed by atoms with van der Waals surface area (Å²) in [7, 11) is 2.34. The predicted molar refractivity (Wildman–Crippen MR) is 88.5 cm³/mol. The molecular formula is C14H11BrCl2FNO5. The third-order valence-corrected chi connectivity index (χ3v) is 4.87. The molecule has 1 aliphatic rings. The summed E-state index contributed by atoms with van der Waals surface area (Å²) in [5.74, 6) is -2.36. The standard InChI is InChI=1S/C14H11BrCl2FNO5/c1-22-13(20)6-4-24-5-19(12(6)14(21)23-2)8-3-7(16)11(18)10(17)9(8)15/h3H,4-5H2,1-2H3. The van der Waals surface area contributed by atoms with E-state index < -0.39 is 17.8 Å². The highest BCUT2D eigenvalue weighted by Gasteiger charge is 2.34. The molecule has 1 aliphatic heterocycles. The quantitative estimate of drug-likeness (QED) is 0.406. The SMILES string of the molecule is COC(=O)C1=C(C(=O)OC)N(c2cc(Cl)c(F)c(Cl)c2Br)COC1. The van der Waals surface area contributed by atoms with Gasteiger partial charge in [0.15, 0.2) is 5.82 Å². The Morgan fingerprint density at radius 1 is 1.29 bits per heavy atom. The van der Waals surface area contributed by atoms with Crippen molar-refractivity contribution in [2.75, 3.05) is 32.5 Å². The maximum Gasteiger partial charge on any atom is 0.355 e. The average molecular weight is 443 g/mol. The second-order valence-electron chi connectivity index (χ2n) is 4.54. The zero-order chi connectivity index (χ0) is 18.0. The normalized spacial score (nSPS) is 14.7. The van der Waals surface area contributed by atoms with Gasteiger partial charge in [-0.1, -0.05) is 23.2 Å². The van der Waals surface area contributed by atoms with E-state index in [-0.39, 0.29) is 44.8 Å². The zero-order valence-corrected chi connectivity index (χ0v) is 15.6. The summed E-state index contributed by atoms with van der Waals surface area (Å²) in [5, 5.41) is -0.528. The highest BCUT2D eigenvalue weighted by atomic mass is 79.9. The fourth-order valence-corrected chi connectivity index (χ4v) is 3.04. The largest absolute Gasteiger partial charge is 0.466 e. The molecule has 0 atom stereocenters. The fraction of sp³-hybridized carbons (Fsp3) is 0.286. The minimum atomic E-state index is -0.816. The van der Waals surface area contributed by atoms with Crippen LogP contribution >= 0.6 is 39.1 Å². The maximum atomic E-state index is 13.8. The van der Waals surface area contributed by atoms with Crippen LogP contribution in [0.25, 0.3) is 0 Å². The summed E-state index contributed by atoms with van der Waals surface area (Å²) >= 11 is 14.9. The Morgan fingerprint density at radius 3 is 2.50 bits per heavy atom. The molecule has 0 spiro atoms. The van der Waals surface area contributed by atoms with Gasteiger partial charge in [0.2, 0.25) is 0 Å². The average Bonchev–Trinajstić information content (AvgIpc) is 2.60. The molecule has 0 unspecified atom stereocenters. The topological polar surface area (TPSA) is 65.1 Å². The van der Waals surface area contributed by atoms with E-state index >= 15 is 0 Å². The van der Waals surface area contributed by atoms with Gasteiger partial charge in [-0.25, -0.2) is 14.0 Å². The summed E-state index contributed by atoms with van der Waals surface area (Å²) in [6.07, 6.45) is 0. The molecule has 1 heterocycles. The number of hydrogen-bond donors (Lipinski definition) is 0. The van der Waals surface area contributed by atoms with E-state index in [9.17, 15) is 14.0 Å². The molecule has 1 aromatic rings. The molecule has 24 heavy (non-hydrogen) atoms. The fourth-order valence-electron chi connectivity index (χ4n) is 2.09. The lowest BCUT2D eigenvalue weighted by Gasteiger charge is -2.32. The monoisotopic (exact) mass is 441 g/mol. The molecule has 0 amide bonds. The summed E-state index contributed by atoms with van der Waals surface area (Å²) in [6, 6.07) is 1.25. The molecule has 6 nitrogen and oxygen atoms in total. The summed E-state index contributed by atoms with van der Waals surface area (Å²) in [5.41, 5.74) is 0.0852. The lowest BCUT2D eigenvalue weighted by atomic mass is 10.1. The number of methoxy groups -OCH3 is 2. The molecule has 0 saturated heterocycles. The summed E-state index contributed by atoms with van der Waals surface area (Å²) < 4.78 is 28.7. The number of carbonyl (C=O) groups excluding carboxylic acids is 2. The van der Waals surface area contributed by atoms with Crippen LogP contribution in [0.4, 0.5) is 10.1 Å². The van der Waals surface area contributed by atoms with E-state index in [4.69, 9.17) is 32.7 Å². The lowest BCUT2D eigenvalue weighted by Crippen LogP contribution is -2.39. The second-order valence-corrected chi connectivity index (χ2v) is 6.11. The van der Waals surface area contributed by atoms with Crippen molar-refractivity contribution in [1.29, 1.82) is 0 Å². The van der Waals surface area contributed by atoms with Gasteiger partial charge in [0.25, 0.3) is 0 Å². The van der Waals surface area contributed by atoms with Gasteiger partial charge in [0.1, 0.15) is 12.4 Å². The molecule has 0 bridgehead atoms. The maximum absolute atomic E-state index is 13.8. The van der Waals surface area contributed by atoms with Crippen LogP contribution in [0, 0.1) is 5.82 Å². The number of nitrogens with zero attached hydrogens (tertiary/aromatic N) is 1. The minimum absolute atomic E-state index is 0.0425. The first-order valence-corrected chi connectivity index (χ1v) is 7.96. The van der Waals surface area contributed by atoms with Gasteiger partial charge in [-0.3, -0.25) is 0 Å². The number of rotatable bonds is 3. The number of benzene rings is 1. The third-order valence-electron chi connectivity index (χ3n) is 3.21. The van der Waals surface area contributed by atoms with Crippen molar-refractivity contribution in [3.8, 4) is 0 Å². The Morgan fingerprint density at radius 2 is 1.92 bits per heavy atom. The molecule has 0 aromatic heterocycles.